The highest BCUT2D eigenvalue weighted by atomic mass is 14.5. The largest absolute Gasteiger partial charge is 0.110 e. The van der Waals surface area contributed by atoms with Crippen molar-refractivity contribution in [2.45, 2.75) is 188 Å². The van der Waals surface area contributed by atoms with Crippen LogP contribution in [-0.2, 0) is 0 Å². The van der Waals surface area contributed by atoms with Crippen molar-refractivity contribution in [3.05, 3.63) is 67.5 Å². The maximum absolute atomic E-state index is 4.27. The molecule has 0 aromatic carbocycles. The van der Waals surface area contributed by atoms with E-state index in [1.807, 2.05) is 0 Å². The first-order valence-electron chi connectivity index (χ1n) is 19.8. The molecule has 0 bridgehead atoms. The molecular weight excluding hydrogens is 577 g/mol. The predicted octanol–water partition coefficient (Wildman–Crippen LogP) is 14.8. The van der Waals surface area contributed by atoms with Gasteiger partial charge in [0.2, 0.25) is 0 Å². The molecule has 0 heteroatoms. The van der Waals surface area contributed by atoms with Crippen LogP contribution in [0.5, 0.6) is 0 Å². The zero-order chi connectivity index (χ0) is 35.9. The van der Waals surface area contributed by atoms with Crippen molar-refractivity contribution in [3.63, 3.8) is 0 Å². The fraction of sp³-hybridized carbons (Fsp3) is 0.750. The number of allylic oxidation sites excluding steroid dienone is 4. The average Bonchev–Trinajstić information content (AvgIpc) is 2.87. The molecule has 0 heterocycles. The smallest absolute Gasteiger partial charge is 0.0490 e. The van der Waals surface area contributed by atoms with Gasteiger partial charge in [-0.05, 0) is 117 Å². The molecule has 0 amide bonds. The van der Waals surface area contributed by atoms with E-state index >= 15 is 0 Å². The molecule has 0 saturated heterocycles. The fourth-order valence-corrected chi connectivity index (χ4v) is 11.3. The van der Waals surface area contributed by atoms with Crippen molar-refractivity contribution in [2.24, 2.45) is 43.3 Å². The first-order valence-corrected chi connectivity index (χ1v) is 19.8. The number of hydrogen-bond donors (Lipinski definition) is 0. The molecule has 5 rings (SSSR count). The first kappa shape index (κ1) is 37.3. The molecule has 264 valence electrons. The molecule has 0 radical (unpaired) electrons. The van der Waals surface area contributed by atoms with Gasteiger partial charge in [0.05, 0.1) is 0 Å². The number of rotatable bonds is 0. The molecule has 0 atom stereocenters. The molecule has 0 spiro atoms. The van der Waals surface area contributed by atoms with Crippen LogP contribution in [0, 0.1) is 43.3 Å². The van der Waals surface area contributed by atoms with E-state index in [2.05, 4.69) is 134 Å². The van der Waals surface area contributed by atoms with E-state index in [9.17, 15) is 0 Å². The lowest BCUT2D eigenvalue weighted by molar-refractivity contribution is 0.215. The molecule has 0 aromatic heterocycles. The Morgan fingerprint density at radius 3 is 0.500 bits per heavy atom. The molecule has 5 saturated carbocycles. The summed E-state index contributed by atoms with van der Waals surface area (Å²) < 4.78 is 0. The molecule has 5 aliphatic rings. The second-order valence-corrected chi connectivity index (χ2v) is 22.0. The van der Waals surface area contributed by atoms with Crippen LogP contribution < -0.4 is 0 Å². The highest BCUT2D eigenvalue weighted by molar-refractivity contribution is 5.78. The van der Waals surface area contributed by atoms with Gasteiger partial charge in [0, 0.05) is 22.3 Å². The van der Waals surface area contributed by atoms with Crippen LogP contribution in [0.1, 0.15) is 188 Å². The van der Waals surface area contributed by atoms with Gasteiger partial charge in [-0.3, -0.25) is 0 Å². The highest BCUT2D eigenvalue weighted by Crippen LogP contribution is 2.57. The van der Waals surface area contributed by atoms with Gasteiger partial charge in [0.25, 0.3) is 0 Å². The van der Waals surface area contributed by atoms with Crippen molar-refractivity contribution < 1.29 is 0 Å². The van der Waals surface area contributed by atoms with Gasteiger partial charge in [-0.2, -0.15) is 0 Å². The monoisotopic (exact) mass is 649 g/mol. The van der Waals surface area contributed by atoms with Crippen LogP contribution in [0.4, 0.5) is 0 Å². The third-order valence-corrected chi connectivity index (χ3v) is 13.8. The Balaban J connectivity index is 2.06. The molecule has 0 unspecified atom stereocenters. The van der Waals surface area contributed by atoms with E-state index in [1.165, 1.54) is 122 Å². The highest BCUT2D eigenvalue weighted by Gasteiger charge is 2.45. The minimum atomic E-state index is 0.114. The standard InChI is InChI=1S/C48H72/c1-41(2)21-17-22-42(3,4)37(41)29-33-34(30-38-43(5,6)23-18-24-44(38,7)8)36(32-40-47(13,14)27-20-28-48(40,15)16)35(33)31-39-45(9,10)25-19-26-46(39,11)12/h17-28H2,1-16H3. The van der Waals surface area contributed by atoms with Crippen LogP contribution >= 0.6 is 0 Å². The average molecular weight is 649 g/mol. The van der Waals surface area contributed by atoms with Crippen LogP contribution in [0.25, 0.3) is 0 Å². The topological polar surface area (TPSA) is 0 Å². The van der Waals surface area contributed by atoms with E-state index in [0.29, 0.717) is 0 Å². The minimum Gasteiger partial charge on any atom is -0.110 e. The molecule has 5 aliphatic carbocycles. The summed E-state index contributed by atoms with van der Waals surface area (Å²) in [6, 6.07) is 0. The van der Waals surface area contributed by atoms with Gasteiger partial charge in [-0.15, -0.1) is 22.9 Å². The van der Waals surface area contributed by atoms with E-state index < -0.39 is 0 Å². The zero-order valence-electron chi connectivity index (χ0n) is 34.5. The molecule has 48 heavy (non-hydrogen) atoms. The van der Waals surface area contributed by atoms with E-state index in [0.717, 1.165) is 0 Å². The van der Waals surface area contributed by atoms with Crippen LogP contribution in [0.3, 0.4) is 0 Å². The van der Waals surface area contributed by atoms with Gasteiger partial charge >= 0.3 is 0 Å². The van der Waals surface area contributed by atoms with Crippen LogP contribution in [0.15, 0.2) is 67.5 Å². The van der Waals surface area contributed by atoms with Gasteiger partial charge in [-0.25, -0.2) is 0 Å². The van der Waals surface area contributed by atoms with Crippen molar-refractivity contribution in [1.82, 2.24) is 0 Å². The summed E-state index contributed by atoms with van der Waals surface area (Å²) in [5.41, 5.74) is 29.0. The summed E-state index contributed by atoms with van der Waals surface area (Å²) in [4.78, 5) is 0. The normalized spacial score (nSPS) is 29.3. The Kier molecular flexibility index (Phi) is 9.20. The van der Waals surface area contributed by atoms with Crippen molar-refractivity contribution in [1.29, 1.82) is 0 Å². The molecule has 0 N–H and O–H groups in total. The second-order valence-electron chi connectivity index (χ2n) is 22.0. The Bertz CT molecular complexity index is 1290. The number of hydrogen-bond acceptors (Lipinski definition) is 0. The Labute approximate surface area is 297 Å². The van der Waals surface area contributed by atoms with Crippen LogP contribution in [0.2, 0.25) is 0 Å². The quantitative estimate of drug-likeness (QED) is 0.229. The summed E-state index contributed by atoms with van der Waals surface area (Å²) in [5, 5.41) is 0. The van der Waals surface area contributed by atoms with Gasteiger partial charge in [0.1, 0.15) is 0 Å². The Hall–Kier alpha value is -1.92. The van der Waals surface area contributed by atoms with Gasteiger partial charge in [-0.1, -0.05) is 136 Å². The van der Waals surface area contributed by atoms with Gasteiger partial charge in [0.15, 0.2) is 0 Å². The van der Waals surface area contributed by atoms with Crippen molar-refractivity contribution in [2.75, 3.05) is 0 Å². The van der Waals surface area contributed by atoms with Crippen molar-refractivity contribution in [3.8, 4) is 0 Å². The summed E-state index contributed by atoms with van der Waals surface area (Å²) in [6.07, 6.45) is 14.9. The maximum Gasteiger partial charge on any atom is 0.0490 e. The van der Waals surface area contributed by atoms with E-state index in [-0.39, 0.29) is 43.3 Å². The minimum absolute atomic E-state index is 0.114. The van der Waals surface area contributed by atoms with Crippen molar-refractivity contribution >= 4 is 0 Å². The molecule has 5 fully saturated rings. The Morgan fingerprint density at radius 1 is 0.250 bits per heavy atom. The lowest BCUT2D eigenvalue weighted by Gasteiger charge is -2.45. The lowest BCUT2D eigenvalue weighted by Crippen LogP contribution is -2.33. The second kappa shape index (κ2) is 11.8. The summed E-state index contributed by atoms with van der Waals surface area (Å²) in [5.74, 6) is 0. The SMILES string of the molecule is CC1(C)CCCC(C)(C)C1=C=C1C(=C=C2C(C)(C)CCCC2(C)C)C(=C=C2C(C)(C)CCCC2(C)C)C1=C=C1C(C)(C)CCCC1(C)C. The predicted molar refractivity (Wildman–Crippen MR) is 208 cm³/mol. The lowest BCUT2D eigenvalue weighted by atomic mass is 9.58. The Morgan fingerprint density at radius 2 is 0.375 bits per heavy atom. The third-order valence-electron chi connectivity index (χ3n) is 13.8. The van der Waals surface area contributed by atoms with Crippen LogP contribution in [-0.4, -0.2) is 0 Å². The fourth-order valence-electron chi connectivity index (χ4n) is 11.3. The molecule has 0 aliphatic heterocycles. The summed E-state index contributed by atoms with van der Waals surface area (Å²) in [7, 11) is 0. The molecule has 0 nitrogen and oxygen atoms in total. The van der Waals surface area contributed by atoms with E-state index in [4.69, 9.17) is 0 Å². The maximum atomic E-state index is 4.27. The third kappa shape index (κ3) is 6.75. The summed E-state index contributed by atoms with van der Waals surface area (Å²) >= 11 is 0. The van der Waals surface area contributed by atoms with E-state index in [1.54, 1.807) is 0 Å². The molecule has 0 aromatic rings. The first-order chi connectivity index (χ1) is 21.7. The van der Waals surface area contributed by atoms with Gasteiger partial charge < -0.3 is 0 Å². The zero-order valence-corrected chi connectivity index (χ0v) is 34.5. The molecular formula is C48H72. The summed E-state index contributed by atoms with van der Waals surface area (Å²) in [6.45, 7) is 39.4.